The molecule has 0 amide bonds. The smallest absolute Gasteiger partial charge is 0.129 e. The third-order valence-electron chi connectivity index (χ3n) is 3.69. The van der Waals surface area contributed by atoms with Crippen molar-refractivity contribution in [2.75, 3.05) is 24.5 Å². The van der Waals surface area contributed by atoms with E-state index in [-0.39, 0.29) is 0 Å². The quantitative estimate of drug-likeness (QED) is 0.894. The number of hydrogen-bond acceptors (Lipinski definition) is 3. The monoisotopic (exact) mass is 241 g/mol. The topological polar surface area (TPSA) is 28.2 Å². The number of pyridine rings is 1. The molecule has 1 aromatic heterocycles. The van der Waals surface area contributed by atoms with Crippen LogP contribution in [0.1, 0.15) is 13.3 Å². The van der Waals surface area contributed by atoms with Crippen molar-refractivity contribution in [1.82, 2.24) is 10.3 Å². The molecule has 1 atom stereocenters. The first-order chi connectivity index (χ1) is 8.88. The van der Waals surface area contributed by atoms with Gasteiger partial charge in [-0.25, -0.2) is 4.98 Å². The Balaban J connectivity index is 1.96. The van der Waals surface area contributed by atoms with Crippen molar-refractivity contribution < 1.29 is 0 Å². The lowest BCUT2D eigenvalue weighted by atomic mass is 10.2. The van der Waals surface area contributed by atoms with Crippen LogP contribution in [0.5, 0.6) is 0 Å². The van der Waals surface area contributed by atoms with Gasteiger partial charge in [0.25, 0.3) is 0 Å². The molecule has 18 heavy (non-hydrogen) atoms. The van der Waals surface area contributed by atoms with Gasteiger partial charge in [-0.2, -0.15) is 0 Å². The van der Waals surface area contributed by atoms with Gasteiger partial charge in [0.05, 0.1) is 5.52 Å². The van der Waals surface area contributed by atoms with Crippen LogP contribution in [0.25, 0.3) is 10.9 Å². The summed E-state index contributed by atoms with van der Waals surface area (Å²) in [5.41, 5.74) is 1.08. The van der Waals surface area contributed by atoms with Gasteiger partial charge in [-0.15, -0.1) is 0 Å². The number of nitrogens with one attached hydrogen (secondary N) is 1. The predicted molar refractivity (Wildman–Crippen MR) is 76.0 cm³/mol. The highest BCUT2D eigenvalue weighted by Gasteiger charge is 2.22. The standard InChI is InChI=1S/C15H19N3/c1-2-18(13-9-10-16-11-13)15-8-7-12-5-3-4-6-14(12)17-15/h3-8,13,16H,2,9-11H2,1H3. The number of hydrogen-bond donors (Lipinski definition) is 1. The van der Waals surface area contributed by atoms with Gasteiger partial charge < -0.3 is 10.2 Å². The molecule has 2 heterocycles. The summed E-state index contributed by atoms with van der Waals surface area (Å²) in [7, 11) is 0. The van der Waals surface area contributed by atoms with E-state index < -0.39 is 0 Å². The number of aromatic nitrogens is 1. The van der Waals surface area contributed by atoms with E-state index in [1.165, 1.54) is 11.8 Å². The summed E-state index contributed by atoms with van der Waals surface area (Å²) in [5.74, 6) is 1.10. The van der Waals surface area contributed by atoms with E-state index >= 15 is 0 Å². The Morgan fingerprint density at radius 1 is 1.28 bits per heavy atom. The van der Waals surface area contributed by atoms with Gasteiger partial charge in [0.1, 0.15) is 5.82 Å². The molecule has 1 saturated heterocycles. The SMILES string of the molecule is CCN(c1ccc2ccccc2n1)C1CCNC1. The third kappa shape index (κ3) is 2.06. The van der Waals surface area contributed by atoms with E-state index in [1.807, 2.05) is 6.07 Å². The van der Waals surface area contributed by atoms with Gasteiger partial charge in [-0.1, -0.05) is 18.2 Å². The summed E-state index contributed by atoms with van der Waals surface area (Å²) < 4.78 is 0. The van der Waals surface area contributed by atoms with Crippen LogP contribution in [0.2, 0.25) is 0 Å². The van der Waals surface area contributed by atoms with Crippen molar-refractivity contribution in [2.24, 2.45) is 0 Å². The van der Waals surface area contributed by atoms with E-state index in [1.54, 1.807) is 0 Å². The number of nitrogens with zero attached hydrogens (tertiary/aromatic N) is 2. The van der Waals surface area contributed by atoms with E-state index in [0.29, 0.717) is 6.04 Å². The highest BCUT2D eigenvalue weighted by molar-refractivity contribution is 5.80. The van der Waals surface area contributed by atoms with Gasteiger partial charge in [-0.05, 0) is 38.1 Å². The molecule has 1 aliphatic heterocycles. The first-order valence-electron chi connectivity index (χ1n) is 6.71. The second kappa shape index (κ2) is 4.94. The number of para-hydroxylation sites is 1. The fourth-order valence-corrected chi connectivity index (χ4v) is 2.73. The van der Waals surface area contributed by atoms with Crippen LogP contribution in [0, 0.1) is 0 Å². The summed E-state index contributed by atoms with van der Waals surface area (Å²) in [4.78, 5) is 7.20. The molecule has 0 radical (unpaired) electrons. The van der Waals surface area contributed by atoms with Crippen LogP contribution in [0.4, 0.5) is 5.82 Å². The lowest BCUT2D eigenvalue weighted by Gasteiger charge is -2.28. The van der Waals surface area contributed by atoms with Crippen LogP contribution in [-0.4, -0.2) is 30.7 Å². The average molecular weight is 241 g/mol. The van der Waals surface area contributed by atoms with Gasteiger partial charge in [-0.3, -0.25) is 0 Å². The van der Waals surface area contributed by atoms with Crippen molar-refractivity contribution in [2.45, 2.75) is 19.4 Å². The zero-order chi connectivity index (χ0) is 12.4. The fourth-order valence-electron chi connectivity index (χ4n) is 2.73. The lowest BCUT2D eigenvalue weighted by molar-refractivity contribution is 0.641. The van der Waals surface area contributed by atoms with E-state index in [9.17, 15) is 0 Å². The Morgan fingerprint density at radius 3 is 2.94 bits per heavy atom. The van der Waals surface area contributed by atoms with Gasteiger partial charge in [0, 0.05) is 24.5 Å². The zero-order valence-electron chi connectivity index (χ0n) is 10.8. The molecule has 3 nitrogen and oxygen atoms in total. The Bertz CT molecular complexity index is 532. The molecule has 2 aromatic rings. The third-order valence-corrected chi connectivity index (χ3v) is 3.69. The summed E-state index contributed by atoms with van der Waals surface area (Å²) in [6.07, 6.45) is 1.21. The maximum atomic E-state index is 4.79. The van der Waals surface area contributed by atoms with Gasteiger partial charge in [0.2, 0.25) is 0 Å². The second-order valence-electron chi connectivity index (χ2n) is 4.79. The van der Waals surface area contributed by atoms with Crippen molar-refractivity contribution in [3.05, 3.63) is 36.4 Å². The number of anilines is 1. The first kappa shape index (κ1) is 11.5. The number of likely N-dealkylation sites (N-methyl/N-ethyl adjacent to an activating group) is 1. The molecular formula is C15H19N3. The molecule has 1 unspecified atom stereocenters. The highest BCUT2D eigenvalue weighted by Crippen LogP contribution is 2.21. The molecule has 1 aliphatic rings. The minimum Gasteiger partial charge on any atom is -0.353 e. The van der Waals surface area contributed by atoms with Crippen LogP contribution in [-0.2, 0) is 0 Å². The largest absolute Gasteiger partial charge is 0.353 e. The number of rotatable bonds is 3. The minimum atomic E-state index is 0.587. The molecule has 3 heteroatoms. The Labute approximate surface area is 108 Å². The number of fused-ring (bicyclic) bond motifs is 1. The molecule has 94 valence electrons. The Morgan fingerprint density at radius 2 is 2.17 bits per heavy atom. The van der Waals surface area contributed by atoms with Crippen molar-refractivity contribution >= 4 is 16.7 Å². The highest BCUT2D eigenvalue weighted by atomic mass is 15.2. The maximum absolute atomic E-state index is 4.79. The molecular weight excluding hydrogens is 222 g/mol. The summed E-state index contributed by atoms with van der Waals surface area (Å²) in [6.45, 7) is 5.41. The molecule has 1 fully saturated rings. The van der Waals surface area contributed by atoms with E-state index in [2.05, 4.69) is 47.5 Å². The van der Waals surface area contributed by atoms with E-state index in [4.69, 9.17) is 4.98 Å². The maximum Gasteiger partial charge on any atom is 0.129 e. The van der Waals surface area contributed by atoms with Gasteiger partial charge in [0.15, 0.2) is 0 Å². The Kier molecular flexibility index (Phi) is 3.15. The summed E-state index contributed by atoms with van der Waals surface area (Å²) in [5, 5.41) is 4.63. The fraction of sp³-hybridized carbons (Fsp3) is 0.400. The molecule has 0 spiro atoms. The first-order valence-corrected chi connectivity index (χ1v) is 6.71. The Hall–Kier alpha value is -1.61. The number of benzene rings is 1. The van der Waals surface area contributed by atoms with Crippen LogP contribution in [0.15, 0.2) is 36.4 Å². The van der Waals surface area contributed by atoms with Crippen LogP contribution in [0.3, 0.4) is 0 Å². The molecule has 0 saturated carbocycles. The molecule has 0 bridgehead atoms. The van der Waals surface area contributed by atoms with E-state index in [0.717, 1.165) is 31.0 Å². The molecule has 0 aliphatic carbocycles. The second-order valence-corrected chi connectivity index (χ2v) is 4.79. The van der Waals surface area contributed by atoms with Crippen molar-refractivity contribution in [1.29, 1.82) is 0 Å². The molecule has 1 N–H and O–H groups in total. The summed E-state index contributed by atoms with van der Waals surface area (Å²) in [6, 6.07) is 13.2. The lowest BCUT2D eigenvalue weighted by Crippen LogP contribution is -2.37. The predicted octanol–water partition coefficient (Wildman–Crippen LogP) is 2.42. The minimum absolute atomic E-state index is 0.587. The van der Waals surface area contributed by atoms with Crippen LogP contribution < -0.4 is 10.2 Å². The van der Waals surface area contributed by atoms with Crippen molar-refractivity contribution in [3.8, 4) is 0 Å². The summed E-state index contributed by atoms with van der Waals surface area (Å²) >= 11 is 0. The molecule has 1 aromatic carbocycles. The average Bonchev–Trinajstić information content (AvgIpc) is 2.93. The van der Waals surface area contributed by atoms with Gasteiger partial charge >= 0.3 is 0 Å². The van der Waals surface area contributed by atoms with Crippen molar-refractivity contribution in [3.63, 3.8) is 0 Å². The molecule has 3 rings (SSSR count). The zero-order valence-corrected chi connectivity index (χ0v) is 10.8. The normalized spacial score (nSPS) is 19.3. The van der Waals surface area contributed by atoms with Crippen LogP contribution >= 0.6 is 0 Å².